The molecule has 0 bridgehead atoms. The Morgan fingerprint density at radius 2 is 2.08 bits per heavy atom. The number of halogens is 2. The van der Waals surface area contributed by atoms with Crippen LogP contribution in [0.3, 0.4) is 0 Å². The van der Waals surface area contributed by atoms with E-state index in [-0.39, 0.29) is 36.3 Å². The van der Waals surface area contributed by atoms with Crippen molar-refractivity contribution in [2.75, 3.05) is 18.5 Å². The van der Waals surface area contributed by atoms with E-state index in [9.17, 15) is 14.0 Å². The molecule has 0 unspecified atom stereocenters. The molecule has 0 aromatic heterocycles. The van der Waals surface area contributed by atoms with Gasteiger partial charge in [-0.2, -0.15) is 0 Å². The van der Waals surface area contributed by atoms with Gasteiger partial charge >= 0.3 is 0 Å². The molecule has 1 aliphatic rings. The van der Waals surface area contributed by atoms with Crippen molar-refractivity contribution in [1.29, 1.82) is 0 Å². The molecule has 3 rings (SSSR count). The third-order valence-corrected chi connectivity index (χ3v) is 4.09. The van der Waals surface area contributed by atoms with Crippen molar-refractivity contribution >= 4 is 29.8 Å². The SMILES string of the molecule is CC(=O)c1cccc(OCC(=O)Nc2ccc3c(c2F)CCNC3)c1.Cl. The highest BCUT2D eigenvalue weighted by Crippen LogP contribution is 2.24. The predicted octanol–water partition coefficient (Wildman–Crippen LogP) is 3.11. The first kappa shape index (κ1) is 19.9. The van der Waals surface area contributed by atoms with Crippen LogP contribution in [0.5, 0.6) is 5.75 Å². The Morgan fingerprint density at radius 3 is 2.85 bits per heavy atom. The molecule has 7 heteroatoms. The summed E-state index contributed by atoms with van der Waals surface area (Å²) in [7, 11) is 0. The van der Waals surface area contributed by atoms with Crippen molar-refractivity contribution in [3.63, 3.8) is 0 Å². The first-order chi connectivity index (χ1) is 12.0. The van der Waals surface area contributed by atoms with E-state index in [1.165, 1.54) is 6.92 Å². The summed E-state index contributed by atoms with van der Waals surface area (Å²) in [5, 5.41) is 5.72. The smallest absolute Gasteiger partial charge is 0.262 e. The first-order valence-corrected chi connectivity index (χ1v) is 8.09. The van der Waals surface area contributed by atoms with E-state index in [1.54, 1.807) is 30.3 Å². The number of anilines is 1. The number of fused-ring (bicyclic) bond motifs is 1. The number of ether oxygens (including phenoxy) is 1. The zero-order valence-corrected chi connectivity index (χ0v) is 15.1. The summed E-state index contributed by atoms with van der Waals surface area (Å²) in [6, 6.07) is 9.97. The number of Topliss-reactive ketones (excluding diaryl/α,β-unsaturated/α-hetero) is 1. The predicted molar refractivity (Wildman–Crippen MR) is 99.6 cm³/mol. The molecule has 0 spiro atoms. The topological polar surface area (TPSA) is 67.4 Å². The molecule has 0 aliphatic carbocycles. The number of rotatable bonds is 5. The Kier molecular flexibility index (Phi) is 6.71. The van der Waals surface area contributed by atoms with Crippen LogP contribution in [0.4, 0.5) is 10.1 Å². The van der Waals surface area contributed by atoms with Gasteiger partial charge in [0, 0.05) is 12.1 Å². The highest BCUT2D eigenvalue weighted by atomic mass is 35.5. The van der Waals surface area contributed by atoms with Crippen molar-refractivity contribution in [1.82, 2.24) is 5.32 Å². The summed E-state index contributed by atoms with van der Waals surface area (Å²) >= 11 is 0. The Labute approximate surface area is 157 Å². The zero-order valence-electron chi connectivity index (χ0n) is 14.3. The molecule has 1 aliphatic heterocycles. The van der Waals surface area contributed by atoms with E-state index < -0.39 is 5.91 Å². The van der Waals surface area contributed by atoms with Crippen LogP contribution in [0.25, 0.3) is 0 Å². The lowest BCUT2D eigenvalue weighted by atomic mass is 9.99. The molecule has 2 aromatic carbocycles. The number of amides is 1. The van der Waals surface area contributed by atoms with Crippen molar-refractivity contribution in [2.45, 2.75) is 19.9 Å². The third-order valence-electron chi connectivity index (χ3n) is 4.09. The number of carbonyl (C=O) groups is 2. The molecule has 0 atom stereocenters. The van der Waals surface area contributed by atoms with Crippen LogP contribution in [0.1, 0.15) is 28.4 Å². The fourth-order valence-electron chi connectivity index (χ4n) is 2.77. The van der Waals surface area contributed by atoms with Gasteiger partial charge in [-0.3, -0.25) is 9.59 Å². The van der Waals surface area contributed by atoms with E-state index in [0.717, 1.165) is 12.1 Å². The molecule has 1 heterocycles. The van der Waals surface area contributed by atoms with Crippen LogP contribution in [-0.2, 0) is 17.8 Å². The Bertz CT molecular complexity index is 826. The maximum atomic E-state index is 14.5. The number of ketones is 1. The second-order valence-electron chi connectivity index (χ2n) is 5.91. The molecule has 0 saturated carbocycles. The lowest BCUT2D eigenvalue weighted by Gasteiger charge is -2.19. The monoisotopic (exact) mass is 378 g/mol. The summed E-state index contributed by atoms with van der Waals surface area (Å²) < 4.78 is 19.9. The number of carbonyl (C=O) groups excluding carboxylic acids is 2. The van der Waals surface area contributed by atoms with Gasteiger partial charge in [-0.25, -0.2) is 4.39 Å². The summed E-state index contributed by atoms with van der Waals surface area (Å²) in [6.07, 6.45) is 0.596. The van der Waals surface area contributed by atoms with Crippen molar-refractivity contribution in [3.8, 4) is 5.75 Å². The normalized spacial score (nSPS) is 12.5. The van der Waals surface area contributed by atoms with E-state index in [2.05, 4.69) is 10.6 Å². The minimum atomic E-state index is -0.457. The quantitative estimate of drug-likeness (QED) is 0.784. The van der Waals surface area contributed by atoms with Crippen LogP contribution in [0.15, 0.2) is 36.4 Å². The lowest BCUT2D eigenvalue weighted by Crippen LogP contribution is -2.26. The number of hydrogen-bond donors (Lipinski definition) is 2. The summed E-state index contributed by atoms with van der Waals surface area (Å²) in [5.74, 6) is -0.507. The minimum Gasteiger partial charge on any atom is -0.484 e. The molecule has 26 heavy (non-hydrogen) atoms. The van der Waals surface area contributed by atoms with Gasteiger partial charge in [0.15, 0.2) is 12.4 Å². The van der Waals surface area contributed by atoms with Gasteiger partial charge in [0.05, 0.1) is 5.69 Å². The largest absolute Gasteiger partial charge is 0.484 e. The molecule has 5 nitrogen and oxygen atoms in total. The molecule has 1 amide bonds. The van der Waals surface area contributed by atoms with Crippen LogP contribution in [0, 0.1) is 5.82 Å². The van der Waals surface area contributed by atoms with Gasteiger partial charge in [0.25, 0.3) is 5.91 Å². The molecule has 0 saturated heterocycles. The maximum absolute atomic E-state index is 14.5. The Hall–Kier alpha value is -2.44. The average molecular weight is 379 g/mol. The Morgan fingerprint density at radius 1 is 1.27 bits per heavy atom. The lowest BCUT2D eigenvalue weighted by molar-refractivity contribution is -0.118. The fourth-order valence-corrected chi connectivity index (χ4v) is 2.77. The molecular weight excluding hydrogens is 359 g/mol. The van der Waals surface area contributed by atoms with E-state index in [1.807, 2.05) is 6.07 Å². The second-order valence-corrected chi connectivity index (χ2v) is 5.91. The molecule has 2 N–H and O–H groups in total. The number of benzene rings is 2. The van der Waals surface area contributed by atoms with Crippen LogP contribution in [0.2, 0.25) is 0 Å². The van der Waals surface area contributed by atoms with E-state index in [0.29, 0.717) is 29.8 Å². The molecule has 0 radical (unpaired) electrons. The summed E-state index contributed by atoms with van der Waals surface area (Å²) in [4.78, 5) is 23.4. The van der Waals surface area contributed by atoms with E-state index >= 15 is 0 Å². The van der Waals surface area contributed by atoms with Gasteiger partial charge in [0.1, 0.15) is 11.6 Å². The first-order valence-electron chi connectivity index (χ1n) is 8.09. The van der Waals surface area contributed by atoms with Gasteiger partial charge in [0.2, 0.25) is 0 Å². The van der Waals surface area contributed by atoms with Crippen molar-refractivity contribution in [3.05, 3.63) is 58.9 Å². The molecule has 138 valence electrons. The van der Waals surface area contributed by atoms with Crippen LogP contribution in [-0.4, -0.2) is 24.8 Å². The maximum Gasteiger partial charge on any atom is 0.262 e. The third kappa shape index (κ3) is 4.59. The highest BCUT2D eigenvalue weighted by Gasteiger charge is 2.17. The Balaban J connectivity index is 0.00000243. The van der Waals surface area contributed by atoms with Gasteiger partial charge < -0.3 is 15.4 Å². The molecule has 0 fully saturated rings. The van der Waals surface area contributed by atoms with Crippen molar-refractivity contribution < 1.29 is 18.7 Å². The fraction of sp³-hybridized carbons (Fsp3) is 0.263. The highest BCUT2D eigenvalue weighted by molar-refractivity contribution is 5.94. The number of nitrogens with one attached hydrogen (secondary N) is 2. The summed E-state index contributed by atoms with van der Waals surface area (Å²) in [6.45, 7) is 2.55. The minimum absolute atomic E-state index is 0. The van der Waals surface area contributed by atoms with Crippen LogP contribution >= 0.6 is 12.4 Å². The molecular formula is C19H20ClFN2O3. The summed E-state index contributed by atoms with van der Waals surface area (Å²) in [5.41, 5.74) is 2.23. The zero-order chi connectivity index (χ0) is 17.8. The standard InChI is InChI=1S/C19H19FN2O3.ClH/c1-12(23)13-3-2-4-15(9-13)25-11-18(24)22-17-6-5-14-10-21-8-7-16(14)19(17)20;/h2-6,9,21H,7-8,10-11H2,1H3,(H,22,24);1H. The average Bonchev–Trinajstić information content (AvgIpc) is 2.63. The number of hydrogen-bond acceptors (Lipinski definition) is 4. The van der Waals surface area contributed by atoms with Crippen molar-refractivity contribution in [2.24, 2.45) is 0 Å². The van der Waals surface area contributed by atoms with E-state index in [4.69, 9.17) is 4.74 Å². The molecule has 2 aromatic rings. The second kappa shape index (κ2) is 8.78. The van der Waals surface area contributed by atoms with Gasteiger partial charge in [-0.15, -0.1) is 12.4 Å². The van der Waals surface area contributed by atoms with Gasteiger partial charge in [-0.1, -0.05) is 18.2 Å². The van der Waals surface area contributed by atoms with Gasteiger partial charge in [-0.05, 0) is 49.2 Å². The van der Waals surface area contributed by atoms with Crippen LogP contribution < -0.4 is 15.4 Å².